The van der Waals surface area contributed by atoms with E-state index in [1.165, 1.54) is 5.56 Å². The maximum absolute atomic E-state index is 4.62. The van der Waals surface area contributed by atoms with Crippen LogP contribution in [0.2, 0.25) is 0 Å². The zero-order chi connectivity index (χ0) is 15.7. The molecule has 120 valence electrons. The quantitative estimate of drug-likeness (QED) is 0.718. The SMILES string of the molecule is CCN(CCCN(C)C)c1ncccc1CNCC(C)C. The molecule has 0 unspecified atom stereocenters. The first-order valence-electron chi connectivity index (χ1n) is 8.08. The van der Waals surface area contributed by atoms with Gasteiger partial charge in [-0.2, -0.15) is 0 Å². The van der Waals surface area contributed by atoms with E-state index in [4.69, 9.17) is 0 Å². The lowest BCUT2D eigenvalue weighted by Crippen LogP contribution is -2.29. The standard InChI is InChI=1S/C17H32N4/c1-6-21(12-8-11-20(4)5)17-16(9-7-10-19-17)14-18-13-15(2)3/h7,9-10,15,18H,6,8,11-14H2,1-5H3. The van der Waals surface area contributed by atoms with Gasteiger partial charge in [-0.15, -0.1) is 0 Å². The minimum atomic E-state index is 0.674. The Morgan fingerprint density at radius 2 is 2.00 bits per heavy atom. The van der Waals surface area contributed by atoms with E-state index < -0.39 is 0 Å². The molecular weight excluding hydrogens is 260 g/mol. The molecule has 0 saturated heterocycles. The molecule has 0 aromatic carbocycles. The molecule has 0 radical (unpaired) electrons. The van der Waals surface area contributed by atoms with Crippen molar-refractivity contribution in [3.05, 3.63) is 23.9 Å². The number of hydrogen-bond acceptors (Lipinski definition) is 4. The summed E-state index contributed by atoms with van der Waals surface area (Å²) in [6.07, 6.45) is 3.06. The van der Waals surface area contributed by atoms with Gasteiger partial charge < -0.3 is 15.1 Å². The van der Waals surface area contributed by atoms with E-state index in [9.17, 15) is 0 Å². The van der Waals surface area contributed by atoms with Gasteiger partial charge in [-0.05, 0) is 52.5 Å². The lowest BCUT2D eigenvalue weighted by atomic mass is 10.2. The number of nitrogens with zero attached hydrogens (tertiary/aromatic N) is 3. The largest absolute Gasteiger partial charge is 0.357 e. The highest BCUT2D eigenvalue weighted by Crippen LogP contribution is 2.17. The van der Waals surface area contributed by atoms with Crippen molar-refractivity contribution in [3.8, 4) is 0 Å². The Bertz CT molecular complexity index is 390. The molecule has 1 aromatic heterocycles. The van der Waals surface area contributed by atoms with Crippen LogP contribution in [0.4, 0.5) is 5.82 Å². The first-order chi connectivity index (χ1) is 10.0. The molecule has 0 bridgehead atoms. The third kappa shape index (κ3) is 6.91. The highest BCUT2D eigenvalue weighted by atomic mass is 15.2. The van der Waals surface area contributed by atoms with Crippen LogP contribution < -0.4 is 10.2 Å². The van der Waals surface area contributed by atoms with Crippen molar-refractivity contribution in [1.82, 2.24) is 15.2 Å². The van der Waals surface area contributed by atoms with E-state index in [0.29, 0.717) is 5.92 Å². The monoisotopic (exact) mass is 292 g/mol. The van der Waals surface area contributed by atoms with Crippen molar-refractivity contribution in [2.24, 2.45) is 5.92 Å². The van der Waals surface area contributed by atoms with Crippen LogP contribution in [0.15, 0.2) is 18.3 Å². The van der Waals surface area contributed by atoms with Gasteiger partial charge in [-0.1, -0.05) is 19.9 Å². The van der Waals surface area contributed by atoms with E-state index in [1.807, 2.05) is 12.3 Å². The Labute approximate surface area is 130 Å². The molecule has 4 heteroatoms. The second-order valence-corrected chi connectivity index (χ2v) is 6.25. The van der Waals surface area contributed by atoms with E-state index in [-0.39, 0.29) is 0 Å². The van der Waals surface area contributed by atoms with Crippen molar-refractivity contribution in [1.29, 1.82) is 0 Å². The van der Waals surface area contributed by atoms with E-state index in [1.54, 1.807) is 0 Å². The second-order valence-electron chi connectivity index (χ2n) is 6.25. The van der Waals surface area contributed by atoms with E-state index in [0.717, 1.165) is 45.0 Å². The summed E-state index contributed by atoms with van der Waals surface area (Å²) in [5, 5.41) is 3.52. The van der Waals surface area contributed by atoms with E-state index in [2.05, 4.69) is 61.0 Å². The van der Waals surface area contributed by atoms with Crippen molar-refractivity contribution in [2.75, 3.05) is 45.2 Å². The van der Waals surface area contributed by atoms with Gasteiger partial charge in [0.1, 0.15) is 5.82 Å². The predicted octanol–water partition coefficient (Wildman–Crippen LogP) is 2.61. The number of anilines is 1. The zero-order valence-electron chi connectivity index (χ0n) is 14.4. The Hall–Kier alpha value is -1.13. The molecule has 21 heavy (non-hydrogen) atoms. The van der Waals surface area contributed by atoms with Gasteiger partial charge in [-0.3, -0.25) is 0 Å². The minimum absolute atomic E-state index is 0.674. The number of aromatic nitrogens is 1. The lowest BCUT2D eigenvalue weighted by Gasteiger charge is -2.25. The molecule has 1 rings (SSSR count). The van der Waals surface area contributed by atoms with Crippen LogP contribution in [-0.2, 0) is 6.54 Å². The van der Waals surface area contributed by atoms with Crippen molar-refractivity contribution < 1.29 is 0 Å². The molecule has 0 fully saturated rings. The van der Waals surface area contributed by atoms with Crippen LogP contribution in [0.25, 0.3) is 0 Å². The van der Waals surface area contributed by atoms with Gasteiger partial charge in [0.15, 0.2) is 0 Å². The summed E-state index contributed by atoms with van der Waals surface area (Å²) in [7, 11) is 4.25. The first-order valence-corrected chi connectivity index (χ1v) is 8.08. The topological polar surface area (TPSA) is 31.4 Å². The van der Waals surface area contributed by atoms with Crippen LogP contribution >= 0.6 is 0 Å². The summed E-state index contributed by atoms with van der Waals surface area (Å²) in [6.45, 7) is 11.8. The van der Waals surface area contributed by atoms with E-state index >= 15 is 0 Å². The third-order valence-corrected chi connectivity index (χ3v) is 3.45. The summed E-state index contributed by atoms with van der Waals surface area (Å²) < 4.78 is 0. The molecule has 0 aliphatic rings. The molecule has 0 amide bonds. The van der Waals surface area contributed by atoms with Gasteiger partial charge in [0.2, 0.25) is 0 Å². The minimum Gasteiger partial charge on any atom is -0.357 e. The van der Waals surface area contributed by atoms with Gasteiger partial charge >= 0.3 is 0 Å². The van der Waals surface area contributed by atoms with Gasteiger partial charge in [0.05, 0.1) is 0 Å². The molecule has 1 heterocycles. The fourth-order valence-corrected chi connectivity index (χ4v) is 2.34. The molecule has 0 aliphatic heterocycles. The summed E-state index contributed by atoms with van der Waals surface area (Å²) >= 11 is 0. The second kappa shape index (κ2) is 9.74. The Kier molecular flexibility index (Phi) is 8.31. The first kappa shape index (κ1) is 17.9. The smallest absolute Gasteiger partial charge is 0.132 e. The molecule has 0 saturated carbocycles. The summed E-state index contributed by atoms with van der Waals surface area (Å²) in [6, 6.07) is 4.22. The van der Waals surface area contributed by atoms with Gasteiger partial charge in [-0.25, -0.2) is 4.98 Å². The third-order valence-electron chi connectivity index (χ3n) is 3.45. The molecular formula is C17H32N4. The van der Waals surface area contributed by atoms with Crippen molar-refractivity contribution in [3.63, 3.8) is 0 Å². The number of hydrogen-bond donors (Lipinski definition) is 1. The van der Waals surface area contributed by atoms with Crippen LogP contribution in [0.1, 0.15) is 32.8 Å². The lowest BCUT2D eigenvalue weighted by molar-refractivity contribution is 0.400. The van der Waals surface area contributed by atoms with Crippen LogP contribution in [0, 0.1) is 5.92 Å². The maximum Gasteiger partial charge on any atom is 0.132 e. The van der Waals surface area contributed by atoms with Crippen LogP contribution in [-0.4, -0.2) is 50.2 Å². The number of nitrogens with one attached hydrogen (secondary N) is 1. The fraction of sp³-hybridized carbons (Fsp3) is 0.706. The summed E-state index contributed by atoms with van der Waals surface area (Å²) in [5.41, 5.74) is 1.30. The summed E-state index contributed by atoms with van der Waals surface area (Å²) in [4.78, 5) is 9.24. The Morgan fingerprint density at radius 3 is 2.62 bits per heavy atom. The number of rotatable bonds is 10. The van der Waals surface area contributed by atoms with Crippen molar-refractivity contribution >= 4 is 5.82 Å². The normalized spacial score (nSPS) is 11.4. The van der Waals surface area contributed by atoms with Gasteiger partial charge in [0, 0.05) is 31.4 Å². The highest BCUT2D eigenvalue weighted by Gasteiger charge is 2.10. The Balaban J connectivity index is 2.65. The zero-order valence-corrected chi connectivity index (χ0v) is 14.4. The van der Waals surface area contributed by atoms with Crippen LogP contribution in [0.5, 0.6) is 0 Å². The average molecular weight is 292 g/mol. The molecule has 0 atom stereocenters. The molecule has 0 aliphatic carbocycles. The summed E-state index contributed by atoms with van der Waals surface area (Å²) in [5.74, 6) is 1.81. The molecule has 0 spiro atoms. The fourth-order valence-electron chi connectivity index (χ4n) is 2.34. The maximum atomic E-state index is 4.62. The number of pyridine rings is 1. The average Bonchev–Trinajstić information content (AvgIpc) is 2.44. The predicted molar refractivity (Wildman–Crippen MR) is 91.8 cm³/mol. The highest BCUT2D eigenvalue weighted by molar-refractivity contribution is 5.46. The molecule has 1 aromatic rings. The molecule has 1 N–H and O–H groups in total. The van der Waals surface area contributed by atoms with Crippen molar-refractivity contribution in [2.45, 2.75) is 33.7 Å². The molecule has 4 nitrogen and oxygen atoms in total. The Morgan fingerprint density at radius 1 is 1.24 bits per heavy atom. The van der Waals surface area contributed by atoms with Gasteiger partial charge in [0.25, 0.3) is 0 Å². The van der Waals surface area contributed by atoms with Crippen LogP contribution in [0.3, 0.4) is 0 Å².